The molecule has 3 aliphatic heterocycles. The summed E-state index contributed by atoms with van der Waals surface area (Å²) in [6, 6.07) is 99.9. The van der Waals surface area contributed by atoms with Crippen LogP contribution in [0.3, 0.4) is 0 Å². The Morgan fingerprint density at radius 2 is 0.690 bits per heavy atom. The van der Waals surface area contributed by atoms with Crippen LogP contribution in [-0.4, -0.2) is 152 Å². The van der Waals surface area contributed by atoms with E-state index < -0.39 is 114 Å². The zero-order valence-electron chi connectivity index (χ0n) is 70.2. The zero-order valence-corrected chi connectivity index (χ0v) is 72.5. The highest BCUT2D eigenvalue weighted by Gasteiger charge is 2.58. The molecule has 0 radical (unpaired) electrons. The van der Waals surface area contributed by atoms with Gasteiger partial charge in [0.05, 0.1) is 66.1 Å². The molecule has 3 saturated heterocycles. The Hall–Kier alpha value is -9.80. The Morgan fingerprint density at radius 3 is 1.14 bits per heavy atom. The van der Waals surface area contributed by atoms with Gasteiger partial charge in [0.15, 0.2) is 18.9 Å². The molecule has 11 aromatic carbocycles. The number of halogens is 3. The van der Waals surface area contributed by atoms with Crippen LogP contribution in [0, 0.1) is 0 Å². The molecule has 15 atom stereocenters. The first-order valence-electron chi connectivity index (χ1n) is 42.8. The molecular weight excluding hydrogens is 1660 g/mol. The molecule has 0 bridgehead atoms. The van der Waals surface area contributed by atoms with E-state index in [1.807, 2.05) is 291 Å². The second-order valence-corrected chi connectivity index (χ2v) is 33.6. The number of fused-ring (bicyclic) bond motifs is 1. The average Bonchev–Trinajstić information content (AvgIpc) is 0.758. The molecule has 14 rings (SSSR count). The number of alkyl halides is 3. The third kappa shape index (κ3) is 27.9. The highest BCUT2D eigenvalue weighted by atomic mass is 35.6. The van der Waals surface area contributed by atoms with Gasteiger partial charge in [-0.1, -0.05) is 344 Å². The van der Waals surface area contributed by atoms with Gasteiger partial charge in [0.25, 0.3) is 9.70 Å². The van der Waals surface area contributed by atoms with Crippen LogP contribution in [0.5, 0.6) is 0 Å². The van der Waals surface area contributed by atoms with Crippen molar-refractivity contribution in [3.05, 3.63) is 371 Å². The molecule has 2 amide bonds. The van der Waals surface area contributed by atoms with Crippen LogP contribution in [-0.2, 0) is 151 Å². The molecule has 660 valence electrons. The van der Waals surface area contributed by atoms with Gasteiger partial charge in [-0.2, -0.15) is 0 Å². The average molecular weight is 1770 g/mol. The Bertz CT molecular complexity index is 5020. The van der Waals surface area contributed by atoms with Crippen molar-refractivity contribution in [1.29, 1.82) is 0 Å². The molecule has 0 aliphatic carbocycles. The summed E-state index contributed by atoms with van der Waals surface area (Å²) in [6.45, 7) is 1.98. The molecule has 0 spiro atoms. The van der Waals surface area contributed by atoms with E-state index in [2.05, 4.69) is 29.6 Å². The van der Waals surface area contributed by atoms with Gasteiger partial charge in [-0.3, -0.25) is 9.59 Å². The molecule has 3 aliphatic rings. The third-order valence-electron chi connectivity index (χ3n) is 21.9. The summed E-state index contributed by atoms with van der Waals surface area (Å²) in [5.41, 5.74) is 8.45. The zero-order chi connectivity index (χ0) is 86.9. The Labute approximate surface area is 751 Å². The standard InChI is InChI=1S/C102H107Cl3N2O19/c1-72(108)114-71-87-90(116-63-77-42-20-6-21-43-77)93(118-68-82-54-55-83-52-30-31-53-84(83)58-82)95(119-65-79-46-24-8-25-47-79)98(124-87)125-91-86(70-112-61-75-38-16-4-17-39-75)123-99(96(120-66-80-48-26-9-27-49-80)94(91)117-64-78-44-22-7-23-45-78)126-92-88(106-100(109)102(103,104)105)97(122-85(69-111-60-74-36-14-3-15-37-74)89(92)115-62-76-40-18-5-19-41-76)113-57-33-11-32-56-107(59-73-34-12-2-13-35-73)101(110)121-67-81-50-28-10-29-51-81/h2-10,12-31,34-55,58,85-99H,11,32-33,56-57,59-71H2,1H3,(H,106,109)/t85-,86-,87-,88-,89-,90-,91+,92-,93+,94+,95-,96-,97-,98-,99-/m1/s1. The Balaban J connectivity index is 0.867. The predicted octanol–water partition coefficient (Wildman–Crippen LogP) is 18.5. The first kappa shape index (κ1) is 92.4. The third-order valence-corrected chi connectivity index (χ3v) is 22.4. The van der Waals surface area contributed by atoms with E-state index in [0.717, 1.165) is 66.4 Å². The van der Waals surface area contributed by atoms with Crippen molar-refractivity contribution in [3.8, 4) is 0 Å². The molecule has 21 nitrogen and oxygen atoms in total. The Morgan fingerprint density at radius 1 is 0.333 bits per heavy atom. The van der Waals surface area contributed by atoms with Gasteiger partial charge in [-0.15, -0.1) is 0 Å². The van der Waals surface area contributed by atoms with Crippen LogP contribution in [0.4, 0.5) is 4.79 Å². The summed E-state index contributed by atoms with van der Waals surface area (Å²) in [5, 5.41) is 5.08. The molecule has 11 aromatic rings. The first-order valence-corrected chi connectivity index (χ1v) is 43.9. The largest absolute Gasteiger partial charge is 0.463 e. The summed E-state index contributed by atoms with van der Waals surface area (Å²) in [5.74, 6) is -1.60. The van der Waals surface area contributed by atoms with E-state index in [1.165, 1.54) is 6.92 Å². The first-order chi connectivity index (χ1) is 61.8. The van der Waals surface area contributed by atoms with Crippen LogP contribution >= 0.6 is 34.8 Å². The second-order valence-electron chi connectivity index (χ2n) is 31.3. The van der Waals surface area contributed by atoms with E-state index in [0.29, 0.717) is 32.4 Å². The van der Waals surface area contributed by atoms with Crippen LogP contribution in [0.25, 0.3) is 10.8 Å². The van der Waals surface area contributed by atoms with Crippen molar-refractivity contribution in [1.82, 2.24) is 10.2 Å². The van der Waals surface area contributed by atoms with E-state index in [1.54, 1.807) is 4.90 Å². The maximum Gasteiger partial charge on any atom is 0.410 e. The van der Waals surface area contributed by atoms with Crippen molar-refractivity contribution in [2.24, 2.45) is 0 Å². The number of carbonyl (C=O) groups is 3. The summed E-state index contributed by atoms with van der Waals surface area (Å²) >= 11 is 20.0. The monoisotopic (exact) mass is 1770 g/mol. The number of hydrogen-bond donors (Lipinski definition) is 1. The minimum absolute atomic E-state index is 0.00570. The number of rotatable bonds is 44. The van der Waals surface area contributed by atoms with Crippen molar-refractivity contribution < 1.29 is 90.2 Å². The lowest BCUT2D eigenvalue weighted by molar-refractivity contribution is -0.388. The fraction of sp³-hybridized carbons (Fsp3) is 0.343. The molecule has 3 fully saturated rings. The lowest BCUT2D eigenvalue weighted by Gasteiger charge is -2.52. The minimum Gasteiger partial charge on any atom is -0.463 e. The lowest BCUT2D eigenvalue weighted by Crippen LogP contribution is -2.70. The second kappa shape index (κ2) is 48.4. The van der Waals surface area contributed by atoms with E-state index in [-0.39, 0.29) is 85.9 Å². The minimum atomic E-state index is -2.56. The van der Waals surface area contributed by atoms with Gasteiger partial charge in [0.2, 0.25) is 0 Å². The number of unbranched alkanes of at least 4 members (excludes halogenated alkanes) is 2. The molecule has 126 heavy (non-hydrogen) atoms. The summed E-state index contributed by atoms with van der Waals surface area (Å²) < 4.78 is 112. The van der Waals surface area contributed by atoms with Crippen LogP contribution in [0.2, 0.25) is 0 Å². The summed E-state index contributed by atoms with van der Waals surface area (Å²) in [4.78, 5) is 43.9. The smallest absolute Gasteiger partial charge is 0.410 e. The number of nitrogens with zero attached hydrogens (tertiary/aromatic N) is 1. The molecule has 0 saturated carbocycles. The van der Waals surface area contributed by atoms with Gasteiger partial charge >= 0.3 is 12.1 Å². The lowest BCUT2D eigenvalue weighted by atomic mass is 9.94. The Kier molecular flexibility index (Phi) is 35.5. The number of benzene rings is 11. The van der Waals surface area contributed by atoms with Crippen molar-refractivity contribution in [2.45, 2.75) is 188 Å². The molecule has 0 unspecified atom stereocenters. The van der Waals surface area contributed by atoms with Crippen molar-refractivity contribution in [2.75, 3.05) is 33.0 Å². The van der Waals surface area contributed by atoms with Crippen molar-refractivity contribution in [3.63, 3.8) is 0 Å². The molecular formula is C102H107Cl3N2O19. The number of carbonyl (C=O) groups excluding carboxylic acids is 3. The van der Waals surface area contributed by atoms with Gasteiger partial charge in [-0.05, 0) is 91.7 Å². The predicted molar refractivity (Wildman–Crippen MR) is 478 cm³/mol. The van der Waals surface area contributed by atoms with Crippen molar-refractivity contribution >= 4 is 63.5 Å². The summed E-state index contributed by atoms with van der Waals surface area (Å²) in [6.07, 6.45) is -16.3. The topological polar surface area (TPSA) is 214 Å². The number of amides is 2. The SMILES string of the molecule is CC(=O)OC[C@H]1O[C@H](O[C@@H]2[C@H](OCc3ccccc3)[C@@H](OCc3ccccc3)[C@@H](O[C@@H]3[C@@H](NC(=O)C(Cl)(Cl)Cl)[C@H](OCCCCCN(Cc4ccccc4)C(=O)OCc4ccccc4)O[C@H](COCc4ccccc4)[C@H]3OCc3ccccc3)O[C@@H]2COCc2ccccc2)[C@H](OCc2ccccc2)[C@@H](OCc2ccc3ccccc3c2)[C@@H]1OCc1ccccc1. The maximum absolute atomic E-state index is 14.9. The van der Waals surface area contributed by atoms with E-state index >= 15 is 0 Å². The van der Waals surface area contributed by atoms with Gasteiger partial charge in [0.1, 0.15) is 86.4 Å². The van der Waals surface area contributed by atoms with E-state index in [4.69, 9.17) is 111 Å². The highest BCUT2D eigenvalue weighted by molar-refractivity contribution is 6.76. The molecule has 24 heteroatoms. The number of ether oxygens (including phenoxy) is 16. The van der Waals surface area contributed by atoms with Crippen LogP contribution < -0.4 is 5.32 Å². The maximum atomic E-state index is 14.9. The molecule has 3 heterocycles. The molecule has 0 aromatic heterocycles. The van der Waals surface area contributed by atoms with Gasteiger partial charge in [-0.25, -0.2) is 4.79 Å². The number of nitrogens with one attached hydrogen (secondary N) is 1. The fourth-order valence-corrected chi connectivity index (χ4v) is 15.7. The number of hydrogen-bond acceptors (Lipinski definition) is 19. The normalized spacial score (nSPS) is 22.5. The van der Waals surface area contributed by atoms with Gasteiger partial charge < -0.3 is 86.0 Å². The summed E-state index contributed by atoms with van der Waals surface area (Å²) in [7, 11) is 0. The highest BCUT2D eigenvalue weighted by Crippen LogP contribution is 2.41. The fourth-order valence-electron chi connectivity index (χ4n) is 15.5. The quantitative estimate of drug-likeness (QED) is 0.0213. The van der Waals surface area contributed by atoms with Gasteiger partial charge in [0, 0.05) is 26.6 Å². The van der Waals surface area contributed by atoms with E-state index in [9.17, 15) is 14.4 Å². The molecule has 1 N–H and O–H groups in total. The van der Waals surface area contributed by atoms with Crippen LogP contribution in [0.15, 0.2) is 315 Å². The van der Waals surface area contributed by atoms with Crippen LogP contribution in [0.1, 0.15) is 81.8 Å². The number of esters is 1.